The lowest BCUT2D eigenvalue weighted by Crippen LogP contribution is -2.36. The highest BCUT2D eigenvalue weighted by atomic mass is 16.5. The van der Waals surface area contributed by atoms with E-state index in [0.29, 0.717) is 17.7 Å². The second-order valence-corrected chi connectivity index (χ2v) is 4.95. The van der Waals surface area contributed by atoms with Gasteiger partial charge in [0, 0.05) is 5.56 Å². The Kier molecular flexibility index (Phi) is 4.54. The molecule has 1 aliphatic carbocycles. The molecule has 0 bridgehead atoms. The normalized spacial score (nSPS) is 15.6. The fraction of sp³-hybridized carbons (Fsp3) is 0.643. The number of aliphatic hydroxyl groups excluding tert-OH is 1. The molecular formula is C14H20N2O4. The summed E-state index contributed by atoms with van der Waals surface area (Å²) in [4.78, 5) is 24.2. The maximum Gasteiger partial charge on any atom is 0.330 e. The number of ether oxygens (including phenoxy) is 1. The zero-order valence-electron chi connectivity index (χ0n) is 11.9. The van der Waals surface area contributed by atoms with Crippen molar-refractivity contribution in [1.29, 1.82) is 0 Å². The second-order valence-electron chi connectivity index (χ2n) is 4.95. The number of hydrogen-bond acceptors (Lipinski definition) is 5. The molecule has 1 unspecified atom stereocenters. The number of rotatable bonds is 4. The number of hydrogen-bond donors (Lipinski definition) is 1. The minimum Gasteiger partial charge on any atom is -0.464 e. The fourth-order valence-corrected chi connectivity index (χ4v) is 2.59. The highest BCUT2D eigenvalue weighted by Gasteiger charge is 2.25. The minimum absolute atomic E-state index is 0.224. The molecule has 0 fully saturated rings. The predicted molar refractivity (Wildman–Crippen MR) is 72.4 cm³/mol. The van der Waals surface area contributed by atoms with E-state index in [2.05, 4.69) is 5.10 Å². The Hall–Kier alpha value is -1.69. The summed E-state index contributed by atoms with van der Waals surface area (Å²) in [6, 6.07) is -0.778. The molecule has 1 aromatic rings. The Morgan fingerprint density at radius 2 is 2.05 bits per heavy atom. The molecule has 1 aromatic heterocycles. The number of esters is 1. The molecule has 20 heavy (non-hydrogen) atoms. The molecule has 0 saturated carbocycles. The van der Waals surface area contributed by atoms with Crippen LogP contribution in [0.15, 0.2) is 4.79 Å². The Morgan fingerprint density at radius 1 is 1.40 bits per heavy atom. The van der Waals surface area contributed by atoms with Crippen LogP contribution in [0.4, 0.5) is 0 Å². The van der Waals surface area contributed by atoms with Crippen LogP contribution in [-0.2, 0) is 29.0 Å². The van der Waals surface area contributed by atoms with Crippen molar-refractivity contribution in [3.05, 3.63) is 27.2 Å². The summed E-state index contributed by atoms with van der Waals surface area (Å²) in [6.45, 7) is 3.34. The lowest BCUT2D eigenvalue weighted by atomic mass is 9.92. The van der Waals surface area contributed by atoms with E-state index in [-0.39, 0.29) is 18.8 Å². The van der Waals surface area contributed by atoms with Gasteiger partial charge >= 0.3 is 5.97 Å². The first-order valence-corrected chi connectivity index (χ1v) is 7.01. The molecule has 1 aliphatic rings. The van der Waals surface area contributed by atoms with Gasteiger partial charge in [-0.15, -0.1) is 0 Å². The molecule has 1 atom stereocenters. The summed E-state index contributed by atoms with van der Waals surface area (Å²) in [5.74, 6) is -0.484. The van der Waals surface area contributed by atoms with E-state index in [1.54, 1.807) is 13.8 Å². The molecule has 110 valence electrons. The van der Waals surface area contributed by atoms with Crippen molar-refractivity contribution in [2.75, 3.05) is 6.61 Å². The lowest BCUT2D eigenvalue weighted by Gasteiger charge is -2.21. The maximum atomic E-state index is 12.4. The van der Waals surface area contributed by atoms with Gasteiger partial charge in [-0.25, -0.2) is 9.48 Å². The largest absolute Gasteiger partial charge is 0.464 e. The van der Waals surface area contributed by atoms with Crippen molar-refractivity contribution >= 4 is 5.97 Å². The Morgan fingerprint density at radius 3 is 2.65 bits per heavy atom. The van der Waals surface area contributed by atoms with Crippen molar-refractivity contribution < 1.29 is 14.6 Å². The van der Waals surface area contributed by atoms with Gasteiger partial charge in [-0.05, 0) is 45.1 Å². The lowest BCUT2D eigenvalue weighted by molar-refractivity contribution is -0.147. The van der Waals surface area contributed by atoms with Crippen LogP contribution in [0, 0.1) is 0 Å². The zero-order valence-corrected chi connectivity index (χ0v) is 11.9. The van der Waals surface area contributed by atoms with Crippen molar-refractivity contribution in [1.82, 2.24) is 9.78 Å². The third kappa shape index (κ3) is 2.60. The molecule has 0 spiro atoms. The molecule has 0 amide bonds. The Labute approximate surface area is 117 Å². The van der Waals surface area contributed by atoms with E-state index in [0.717, 1.165) is 29.5 Å². The molecule has 1 heterocycles. The van der Waals surface area contributed by atoms with Gasteiger partial charge in [0.15, 0.2) is 6.04 Å². The number of carbonyl (C=O) groups excluding carboxylic acids is 1. The van der Waals surface area contributed by atoms with Gasteiger partial charge in [0.25, 0.3) is 5.56 Å². The van der Waals surface area contributed by atoms with Crippen LogP contribution in [0.5, 0.6) is 0 Å². The summed E-state index contributed by atoms with van der Waals surface area (Å²) in [7, 11) is 0. The first kappa shape index (κ1) is 14.7. The van der Waals surface area contributed by atoms with Gasteiger partial charge in [-0.3, -0.25) is 4.79 Å². The number of nitrogens with zero attached hydrogens (tertiary/aromatic N) is 2. The second kappa shape index (κ2) is 6.17. The number of aliphatic hydroxyl groups is 1. The summed E-state index contributed by atoms with van der Waals surface area (Å²) in [5.41, 5.74) is 1.80. The molecule has 1 N–H and O–H groups in total. The molecule has 0 saturated heterocycles. The van der Waals surface area contributed by atoms with Crippen LogP contribution >= 0.6 is 0 Å². The summed E-state index contributed by atoms with van der Waals surface area (Å²) in [6.07, 6.45) is 3.39. The summed E-state index contributed by atoms with van der Waals surface area (Å²) in [5, 5.41) is 13.6. The van der Waals surface area contributed by atoms with Crippen LogP contribution in [0.25, 0.3) is 0 Å². The predicted octanol–water partition coefficient (Wildman–Crippen LogP) is 0.738. The average Bonchev–Trinajstić information content (AvgIpc) is 2.47. The first-order valence-electron chi connectivity index (χ1n) is 7.01. The topological polar surface area (TPSA) is 81.4 Å². The van der Waals surface area contributed by atoms with Crippen LogP contribution in [0.1, 0.15) is 49.6 Å². The molecule has 0 radical (unpaired) electrons. The smallest absolute Gasteiger partial charge is 0.330 e. The molecule has 0 aliphatic heterocycles. The van der Waals surface area contributed by atoms with Gasteiger partial charge in [-0.1, -0.05) is 0 Å². The number of carbonyl (C=O) groups is 1. The molecular weight excluding hydrogens is 260 g/mol. The van der Waals surface area contributed by atoms with Crippen molar-refractivity contribution in [2.45, 2.75) is 52.2 Å². The zero-order chi connectivity index (χ0) is 14.7. The average molecular weight is 280 g/mol. The van der Waals surface area contributed by atoms with E-state index in [9.17, 15) is 14.7 Å². The van der Waals surface area contributed by atoms with Gasteiger partial charge < -0.3 is 9.84 Å². The SMILES string of the molecule is CCOC(=O)C(C)n1nc(CO)c2c(c1=O)CCCC2. The Balaban J connectivity index is 2.49. The standard InChI is InChI=1S/C14H20N2O4/c1-3-20-14(19)9(2)16-13(18)11-7-5-4-6-10(11)12(8-17)15-16/h9,17H,3-8H2,1-2H3. The highest BCUT2D eigenvalue weighted by molar-refractivity contribution is 5.73. The maximum absolute atomic E-state index is 12.4. The van der Waals surface area contributed by atoms with Gasteiger partial charge in [-0.2, -0.15) is 5.10 Å². The van der Waals surface area contributed by atoms with Crippen LogP contribution in [0.3, 0.4) is 0 Å². The van der Waals surface area contributed by atoms with E-state index in [1.165, 1.54) is 0 Å². The summed E-state index contributed by atoms with van der Waals surface area (Å²) < 4.78 is 6.08. The van der Waals surface area contributed by atoms with Gasteiger partial charge in [0.05, 0.1) is 18.9 Å². The third-order valence-electron chi connectivity index (χ3n) is 3.66. The van der Waals surface area contributed by atoms with Crippen molar-refractivity contribution in [3.63, 3.8) is 0 Å². The monoisotopic (exact) mass is 280 g/mol. The van der Waals surface area contributed by atoms with E-state index in [1.807, 2.05) is 0 Å². The summed E-state index contributed by atoms with van der Waals surface area (Å²) >= 11 is 0. The van der Waals surface area contributed by atoms with Crippen LogP contribution < -0.4 is 5.56 Å². The number of fused-ring (bicyclic) bond motifs is 1. The molecule has 2 rings (SSSR count). The quantitative estimate of drug-likeness (QED) is 0.823. The van der Waals surface area contributed by atoms with Gasteiger partial charge in [0.2, 0.25) is 0 Å². The minimum atomic E-state index is -0.778. The first-order chi connectivity index (χ1) is 9.60. The molecule has 6 heteroatoms. The van der Waals surface area contributed by atoms with Crippen molar-refractivity contribution in [2.24, 2.45) is 0 Å². The highest BCUT2D eigenvalue weighted by Crippen LogP contribution is 2.21. The van der Waals surface area contributed by atoms with E-state index in [4.69, 9.17) is 4.74 Å². The van der Waals surface area contributed by atoms with Crippen LogP contribution in [0.2, 0.25) is 0 Å². The Bertz CT molecular complexity index is 565. The molecule has 0 aromatic carbocycles. The number of aromatic nitrogens is 2. The van der Waals surface area contributed by atoms with Gasteiger partial charge in [0.1, 0.15) is 0 Å². The van der Waals surface area contributed by atoms with E-state index >= 15 is 0 Å². The molecule has 6 nitrogen and oxygen atoms in total. The fourth-order valence-electron chi connectivity index (χ4n) is 2.59. The van der Waals surface area contributed by atoms with Crippen molar-refractivity contribution in [3.8, 4) is 0 Å². The van der Waals surface area contributed by atoms with Crippen LogP contribution in [-0.4, -0.2) is 27.5 Å². The van der Waals surface area contributed by atoms with E-state index < -0.39 is 12.0 Å². The third-order valence-corrected chi connectivity index (χ3v) is 3.66.